The normalized spacial score (nSPS) is 22.8. The second kappa shape index (κ2) is 7.23. The summed E-state index contributed by atoms with van der Waals surface area (Å²) in [6.45, 7) is 0. The fraction of sp³-hybridized carbons (Fsp3) is 0.556. The predicted octanol–water partition coefficient (Wildman–Crippen LogP) is 2.38. The Labute approximate surface area is 157 Å². The monoisotopic (exact) mass is 393 g/mol. The SMILES string of the molecule is O=C(CSc1ncc2ccccn12)N(C1CCCC1)C1CCS(=O)(=O)C1. The van der Waals surface area contributed by atoms with Gasteiger partial charge < -0.3 is 4.90 Å². The smallest absolute Gasteiger partial charge is 0.233 e. The molecule has 8 heteroatoms. The quantitative estimate of drug-likeness (QED) is 0.730. The molecule has 6 nitrogen and oxygen atoms in total. The van der Waals surface area contributed by atoms with E-state index in [0.717, 1.165) is 36.4 Å². The molecular formula is C18H23N3O3S2. The van der Waals surface area contributed by atoms with Crippen LogP contribution < -0.4 is 0 Å². The first-order chi connectivity index (χ1) is 12.5. The standard InChI is InChI=1S/C18H23N3O3S2/c22-17(12-25-18-19-11-15-7-3-4-9-20(15)18)21(14-5-1-2-6-14)16-8-10-26(23,24)13-16/h3-4,7,9,11,14,16H,1-2,5-6,8,10,12-13H2. The molecule has 1 saturated carbocycles. The number of thioether (sulfide) groups is 1. The number of carbonyl (C=O) groups excluding carboxylic acids is 1. The molecule has 1 saturated heterocycles. The van der Waals surface area contributed by atoms with Gasteiger partial charge in [0.1, 0.15) is 0 Å². The van der Waals surface area contributed by atoms with Gasteiger partial charge in [0.15, 0.2) is 15.0 Å². The Morgan fingerprint density at radius 1 is 1.23 bits per heavy atom. The first-order valence-electron chi connectivity index (χ1n) is 9.10. The lowest BCUT2D eigenvalue weighted by molar-refractivity contribution is -0.132. The van der Waals surface area contributed by atoms with Gasteiger partial charge in [-0.15, -0.1) is 0 Å². The number of nitrogens with zero attached hydrogens (tertiary/aromatic N) is 3. The summed E-state index contributed by atoms with van der Waals surface area (Å²) in [5.74, 6) is 0.649. The summed E-state index contributed by atoms with van der Waals surface area (Å²) in [7, 11) is -3.01. The lowest BCUT2D eigenvalue weighted by Crippen LogP contribution is -2.47. The molecule has 2 aliphatic rings. The third-order valence-electron chi connectivity index (χ3n) is 5.34. The van der Waals surface area contributed by atoms with Crippen molar-refractivity contribution in [3.05, 3.63) is 30.6 Å². The van der Waals surface area contributed by atoms with E-state index >= 15 is 0 Å². The third kappa shape index (κ3) is 3.62. The molecule has 1 atom stereocenters. The maximum Gasteiger partial charge on any atom is 0.233 e. The summed E-state index contributed by atoms with van der Waals surface area (Å²) in [6, 6.07) is 5.91. The molecule has 2 fully saturated rings. The van der Waals surface area contributed by atoms with Gasteiger partial charge in [-0.05, 0) is 31.4 Å². The Bertz CT molecular complexity index is 903. The number of pyridine rings is 1. The number of carbonyl (C=O) groups is 1. The maximum absolute atomic E-state index is 13.0. The topological polar surface area (TPSA) is 71.8 Å². The third-order valence-corrected chi connectivity index (χ3v) is 8.04. The largest absolute Gasteiger partial charge is 0.335 e. The number of amides is 1. The van der Waals surface area contributed by atoms with Gasteiger partial charge in [-0.25, -0.2) is 13.4 Å². The van der Waals surface area contributed by atoms with E-state index in [1.54, 1.807) is 6.20 Å². The highest BCUT2D eigenvalue weighted by Gasteiger charge is 2.38. The molecule has 1 amide bonds. The molecule has 1 aliphatic heterocycles. The van der Waals surface area contributed by atoms with Crippen molar-refractivity contribution in [2.75, 3.05) is 17.3 Å². The number of fused-ring (bicyclic) bond motifs is 1. The van der Waals surface area contributed by atoms with E-state index in [-0.39, 0.29) is 29.5 Å². The minimum atomic E-state index is -3.01. The maximum atomic E-state index is 13.0. The summed E-state index contributed by atoms with van der Waals surface area (Å²) in [4.78, 5) is 19.3. The van der Waals surface area contributed by atoms with Crippen molar-refractivity contribution in [1.82, 2.24) is 14.3 Å². The van der Waals surface area contributed by atoms with Gasteiger partial charge in [0.25, 0.3) is 0 Å². The average Bonchev–Trinajstić information content (AvgIpc) is 3.34. The van der Waals surface area contributed by atoms with Gasteiger partial charge in [0, 0.05) is 18.3 Å². The molecule has 26 heavy (non-hydrogen) atoms. The van der Waals surface area contributed by atoms with Crippen LogP contribution in [0.1, 0.15) is 32.1 Å². The Morgan fingerprint density at radius 2 is 2.04 bits per heavy atom. The van der Waals surface area contributed by atoms with Crippen LogP contribution in [0.5, 0.6) is 0 Å². The molecule has 1 unspecified atom stereocenters. The molecule has 2 aromatic rings. The molecule has 0 radical (unpaired) electrons. The minimum absolute atomic E-state index is 0.0386. The van der Waals surface area contributed by atoms with Crippen LogP contribution in [0.25, 0.3) is 5.52 Å². The first kappa shape index (κ1) is 17.9. The highest BCUT2D eigenvalue weighted by molar-refractivity contribution is 7.99. The van der Waals surface area contributed by atoms with Gasteiger partial charge >= 0.3 is 0 Å². The second-order valence-electron chi connectivity index (χ2n) is 7.12. The average molecular weight is 394 g/mol. The number of hydrogen-bond acceptors (Lipinski definition) is 5. The van der Waals surface area contributed by atoms with Crippen LogP contribution in [-0.2, 0) is 14.6 Å². The molecular weight excluding hydrogens is 370 g/mol. The summed E-state index contributed by atoms with van der Waals surface area (Å²) < 4.78 is 25.8. The Morgan fingerprint density at radius 3 is 2.77 bits per heavy atom. The van der Waals surface area contributed by atoms with Crippen molar-refractivity contribution < 1.29 is 13.2 Å². The number of sulfone groups is 1. The summed E-state index contributed by atoms with van der Waals surface area (Å²) in [6.07, 6.45) is 8.51. The molecule has 140 valence electrons. The second-order valence-corrected chi connectivity index (χ2v) is 10.3. The molecule has 0 bridgehead atoms. The summed E-state index contributed by atoms with van der Waals surface area (Å²) >= 11 is 1.42. The van der Waals surface area contributed by atoms with Gasteiger partial charge in [-0.1, -0.05) is 30.7 Å². The van der Waals surface area contributed by atoms with Gasteiger partial charge in [0.2, 0.25) is 5.91 Å². The van der Waals surface area contributed by atoms with Crippen molar-refractivity contribution in [3.8, 4) is 0 Å². The summed E-state index contributed by atoms with van der Waals surface area (Å²) in [5.41, 5.74) is 0.997. The van der Waals surface area contributed by atoms with E-state index in [0.29, 0.717) is 12.2 Å². The van der Waals surface area contributed by atoms with E-state index in [1.165, 1.54) is 11.8 Å². The zero-order chi connectivity index (χ0) is 18.1. The molecule has 0 spiro atoms. The molecule has 0 aromatic carbocycles. The van der Waals surface area contributed by atoms with Crippen LogP contribution in [0, 0.1) is 0 Å². The highest BCUT2D eigenvalue weighted by Crippen LogP contribution is 2.30. The fourth-order valence-electron chi connectivity index (χ4n) is 4.11. The highest BCUT2D eigenvalue weighted by atomic mass is 32.2. The number of rotatable bonds is 5. The Hall–Kier alpha value is -1.54. The molecule has 4 rings (SSSR count). The number of hydrogen-bond donors (Lipinski definition) is 0. The van der Waals surface area contributed by atoms with Gasteiger partial charge in [-0.3, -0.25) is 9.20 Å². The van der Waals surface area contributed by atoms with E-state index in [1.807, 2.05) is 33.7 Å². The zero-order valence-electron chi connectivity index (χ0n) is 14.6. The van der Waals surface area contributed by atoms with Gasteiger partial charge in [-0.2, -0.15) is 0 Å². The lowest BCUT2D eigenvalue weighted by Gasteiger charge is -2.34. The Kier molecular flexibility index (Phi) is 4.96. The van der Waals surface area contributed by atoms with Crippen molar-refractivity contribution in [1.29, 1.82) is 0 Å². The number of aromatic nitrogens is 2. The number of imidazole rings is 1. The van der Waals surface area contributed by atoms with Crippen molar-refractivity contribution in [2.24, 2.45) is 0 Å². The van der Waals surface area contributed by atoms with Crippen LogP contribution >= 0.6 is 11.8 Å². The van der Waals surface area contributed by atoms with Crippen LogP contribution in [0.2, 0.25) is 0 Å². The minimum Gasteiger partial charge on any atom is -0.335 e. The predicted molar refractivity (Wildman–Crippen MR) is 102 cm³/mol. The van der Waals surface area contributed by atoms with E-state index < -0.39 is 9.84 Å². The first-order valence-corrected chi connectivity index (χ1v) is 11.9. The Balaban J connectivity index is 1.49. The van der Waals surface area contributed by atoms with Gasteiger partial charge in [0.05, 0.1) is 29.0 Å². The molecule has 0 N–H and O–H groups in total. The van der Waals surface area contributed by atoms with Crippen LogP contribution in [0.3, 0.4) is 0 Å². The van der Waals surface area contributed by atoms with Crippen LogP contribution in [0.15, 0.2) is 35.7 Å². The molecule has 3 heterocycles. The van der Waals surface area contributed by atoms with Crippen molar-refractivity contribution in [2.45, 2.75) is 49.3 Å². The molecule has 2 aromatic heterocycles. The van der Waals surface area contributed by atoms with E-state index in [9.17, 15) is 13.2 Å². The summed E-state index contributed by atoms with van der Waals surface area (Å²) in [5, 5.41) is 0.791. The van der Waals surface area contributed by atoms with E-state index in [4.69, 9.17) is 0 Å². The fourth-order valence-corrected chi connectivity index (χ4v) is 6.66. The van der Waals surface area contributed by atoms with Crippen molar-refractivity contribution >= 4 is 33.0 Å². The lowest BCUT2D eigenvalue weighted by atomic mass is 10.1. The van der Waals surface area contributed by atoms with Crippen LogP contribution in [0.4, 0.5) is 0 Å². The zero-order valence-corrected chi connectivity index (χ0v) is 16.2. The van der Waals surface area contributed by atoms with Crippen molar-refractivity contribution in [3.63, 3.8) is 0 Å². The van der Waals surface area contributed by atoms with E-state index in [2.05, 4.69) is 4.98 Å². The molecule has 1 aliphatic carbocycles. The van der Waals surface area contributed by atoms with Crippen LogP contribution in [-0.4, -0.2) is 58.0 Å².